The second-order valence-electron chi connectivity index (χ2n) is 9.28. The zero-order valence-electron chi connectivity index (χ0n) is 20.7. The average molecular weight is 518 g/mol. The number of hydrogen-bond acceptors (Lipinski definition) is 6. The van der Waals surface area contributed by atoms with E-state index in [-0.39, 0.29) is 18.9 Å². The van der Waals surface area contributed by atoms with Crippen molar-refractivity contribution in [2.45, 2.75) is 31.0 Å². The van der Waals surface area contributed by atoms with Gasteiger partial charge in [0.25, 0.3) is 5.91 Å². The van der Waals surface area contributed by atoms with E-state index < -0.39 is 41.2 Å². The first-order chi connectivity index (χ1) is 18.2. The molecule has 3 aromatic rings. The summed E-state index contributed by atoms with van der Waals surface area (Å²) >= 11 is 0. The fraction of sp³-hybridized carbons (Fsp3) is 0.250. The lowest BCUT2D eigenvalue weighted by Crippen LogP contribution is -2.65. The van der Waals surface area contributed by atoms with E-state index in [1.165, 1.54) is 48.5 Å². The van der Waals surface area contributed by atoms with Crippen LogP contribution >= 0.6 is 0 Å². The summed E-state index contributed by atoms with van der Waals surface area (Å²) < 4.78 is 13.3. The Balaban J connectivity index is 1.48. The molecule has 196 valence electrons. The normalized spacial score (nSPS) is 17.9. The molecule has 4 rings (SSSR count). The molecule has 1 fully saturated rings. The number of carbonyl (C=O) groups is 4. The minimum atomic E-state index is -1.28. The number of halogens is 1. The predicted molar refractivity (Wildman–Crippen MR) is 138 cm³/mol. The summed E-state index contributed by atoms with van der Waals surface area (Å²) in [5.74, 6) is -2.43. The molecular formula is C28H28FN5O4. The van der Waals surface area contributed by atoms with Gasteiger partial charge in [-0.15, -0.1) is 0 Å². The molecule has 0 bridgehead atoms. The minimum absolute atomic E-state index is 0.0524. The van der Waals surface area contributed by atoms with Crippen LogP contribution in [-0.2, 0) is 19.9 Å². The van der Waals surface area contributed by atoms with Crippen LogP contribution in [0.5, 0.6) is 0 Å². The molecule has 9 nitrogen and oxygen atoms in total. The molecule has 2 heterocycles. The second kappa shape index (κ2) is 11.3. The number of aldehydes is 1. The molecule has 0 radical (unpaired) electrons. The highest BCUT2D eigenvalue weighted by molar-refractivity contribution is 6.02. The highest BCUT2D eigenvalue weighted by Gasteiger charge is 2.51. The van der Waals surface area contributed by atoms with Gasteiger partial charge in [-0.25, -0.2) is 4.39 Å². The van der Waals surface area contributed by atoms with Crippen LogP contribution in [0.1, 0.15) is 29.3 Å². The summed E-state index contributed by atoms with van der Waals surface area (Å²) in [5.41, 5.74) is 7.06. The topological polar surface area (TPSA) is 134 Å². The smallest absolute Gasteiger partial charge is 0.253 e. The summed E-state index contributed by atoms with van der Waals surface area (Å²) in [6.07, 6.45) is 3.42. The summed E-state index contributed by atoms with van der Waals surface area (Å²) in [7, 11) is 0. The van der Waals surface area contributed by atoms with Gasteiger partial charge in [-0.2, -0.15) is 0 Å². The van der Waals surface area contributed by atoms with Crippen LogP contribution in [-0.4, -0.2) is 47.6 Å². The average Bonchev–Trinajstić information content (AvgIpc) is 2.93. The third kappa shape index (κ3) is 5.60. The van der Waals surface area contributed by atoms with Crippen LogP contribution in [0.4, 0.5) is 10.1 Å². The number of nitrogens with two attached hydrogens (primary N) is 1. The van der Waals surface area contributed by atoms with Crippen molar-refractivity contribution in [2.75, 3.05) is 11.4 Å². The van der Waals surface area contributed by atoms with Crippen molar-refractivity contribution in [2.24, 2.45) is 11.7 Å². The summed E-state index contributed by atoms with van der Waals surface area (Å²) in [5, 5.41) is 5.21. The minimum Gasteiger partial charge on any atom is -0.345 e. The maximum absolute atomic E-state index is 13.3. The van der Waals surface area contributed by atoms with Gasteiger partial charge in [0.1, 0.15) is 18.1 Å². The van der Waals surface area contributed by atoms with E-state index in [9.17, 15) is 23.6 Å². The Labute approximate surface area is 219 Å². The third-order valence-electron chi connectivity index (χ3n) is 6.71. The third-order valence-corrected chi connectivity index (χ3v) is 6.71. The Hall–Kier alpha value is -4.44. The first-order valence-electron chi connectivity index (χ1n) is 12.1. The molecule has 2 aromatic carbocycles. The molecule has 0 aliphatic carbocycles. The predicted octanol–water partition coefficient (Wildman–Crippen LogP) is 1.93. The number of pyridine rings is 1. The molecular weight excluding hydrogens is 489 g/mol. The van der Waals surface area contributed by atoms with Crippen LogP contribution in [0.15, 0.2) is 79.1 Å². The van der Waals surface area contributed by atoms with E-state index in [0.717, 1.165) is 0 Å². The Bertz CT molecular complexity index is 1310. The van der Waals surface area contributed by atoms with Gasteiger partial charge in [-0.3, -0.25) is 19.4 Å². The first kappa shape index (κ1) is 26.6. The molecule has 38 heavy (non-hydrogen) atoms. The Kier molecular flexibility index (Phi) is 7.92. The molecule has 4 atom stereocenters. The quantitative estimate of drug-likeness (QED) is 0.278. The number of hydrogen-bond donors (Lipinski definition) is 3. The van der Waals surface area contributed by atoms with E-state index in [1.807, 2.05) is 6.07 Å². The van der Waals surface area contributed by atoms with E-state index in [0.29, 0.717) is 23.1 Å². The van der Waals surface area contributed by atoms with Crippen molar-refractivity contribution < 1.29 is 23.6 Å². The number of β-lactam (4-membered cyclic amide) rings is 1. The number of rotatable bonds is 10. The van der Waals surface area contributed by atoms with Crippen molar-refractivity contribution in [1.82, 2.24) is 15.6 Å². The fourth-order valence-corrected chi connectivity index (χ4v) is 4.52. The number of nitrogens with zero attached hydrogens (tertiary/aromatic N) is 2. The number of anilines is 1. The number of aromatic nitrogens is 1. The van der Waals surface area contributed by atoms with E-state index in [4.69, 9.17) is 5.73 Å². The van der Waals surface area contributed by atoms with Gasteiger partial charge in [-0.1, -0.05) is 30.3 Å². The highest BCUT2D eigenvalue weighted by Crippen LogP contribution is 2.40. The van der Waals surface area contributed by atoms with Gasteiger partial charge in [0.05, 0.1) is 23.1 Å². The van der Waals surface area contributed by atoms with Crippen LogP contribution in [0, 0.1) is 11.7 Å². The number of amides is 3. The molecule has 3 amide bonds. The second-order valence-corrected chi connectivity index (χ2v) is 9.28. The molecule has 1 aliphatic heterocycles. The zero-order chi connectivity index (χ0) is 27.3. The van der Waals surface area contributed by atoms with E-state index in [2.05, 4.69) is 15.6 Å². The number of nitrogens with one attached hydrogen (secondary N) is 2. The molecule has 0 saturated carbocycles. The Morgan fingerprint density at radius 1 is 1.13 bits per heavy atom. The van der Waals surface area contributed by atoms with Gasteiger partial charge in [0.2, 0.25) is 11.8 Å². The summed E-state index contributed by atoms with van der Waals surface area (Å²) in [4.78, 5) is 55.9. The SMILES string of the molecule is C[C@H](NC(=O)c1cccnc1)C(=O)NC(C=O)C[C@](N)(c1ccccc1)C1CN(c2ccc(F)cc2)C1=O. The molecule has 0 spiro atoms. The van der Waals surface area contributed by atoms with Gasteiger partial charge in [0.15, 0.2) is 0 Å². The maximum atomic E-state index is 13.3. The molecule has 10 heteroatoms. The van der Waals surface area contributed by atoms with Crippen LogP contribution < -0.4 is 21.3 Å². The van der Waals surface area contributed by atoms with E-state index in [1.54, 1.807) is 36.4 Å². The lowest BCUT2D eigenvalue weighted by Gasteiger charge is -2.48. The van der Waals surface area contributed by atoms with Crippen molar-refractivity contribution in [3.8, 4) is 0 Å². The van der Waals surface area contributed by atoms with Crippen molar-refractivity contribution >= 4 is 29.7 Å². The lowest BCUT2D eigenvalue weighted by molar-refractivity contribution is -0.131. The molecule has 2 unspecified atom stereocenters. The standard InChI is InChI=1S/C28H28FN5O4/c1-18(32-26(37)19-6-5-13-31-15-19)25(36)33-22(17-35)14-28(30,20-7-3-2-4-8-20)24-16-34(27(24)38)23-11-9-21(29)10-12-23/h2-13,15,17-18,22,24H,14,16,30H2,1H3,(H,32,37)(H,33,36)/t18-,22?,24?,28-/m0/s1. The summed E-state index contributed by atoms with van der Waals surface area (Å²) in [6.45, 7) is 1.75. The summed E-state index contributed by atoms with van der Waals surface area (Å²) in [6, 6.07) is 15.7. The lowest BCUT2D eigenvalue weighted by atomic mass is 9.70. The van der Waals surface area contributed by atoms with Crippen LogP contribution in [0.25, 0.3) is 0 Å². The number of benzene rings is 2. The van der Waals surface area contributed by atoms with Gasteiger partial charge < -0.3 is 26.1 Å². The Morgan fingerprint density at radius 3 is 2.45 bits per heavy atom. The van der Waals surface area contributed by atoms with E-state index >= 15 is 0 Å². The van der Waals surface area contributed by atoms with Crippen molar-refractivity contribution in [3.63, 3.8) is 0 Å². The molecule has 1 aliphatic rings. The van der Waals surface area contributed by atoms with Crippen LogP contribution in [0.3, 0.4) is 0 Å². The largest absolute Gasteiger partial charge is 0.345 e. The van der Waals surface area contributed by atoms with Gasteiger partial charge in [-0.05, 0) is 55.3 Å². The van der Waals surface area contributed by atoms with Crippen molar-refractivity contribution in [3.05, 3.63) is 96.1 Å². The fourth-order valence-electron chi connectivity index (χ4n) is 4.52. The molecule has 1 aromatic heterocycles. The van der Waals surface area contributed by atoms with Crippen molar-refractivity contribution in [1.29, 1.82) is 0 Å². The molecule has 1 saturated heterocycles. The van der Waals surface area contributed by atoms with Crippen LogP contribution in [0.2, 0.25) is 0 Å². The zero-order valence-corrected chi connectivity index (χ0v) is 20.7. The first-order valence-corrected chi connectivity index (χ1v) is 12.1. The van der Waals surface area contributed by atoms with Gasteiger partial charge in [0, 0.05) is 24.6 Å². The molecule has 4 N–H and O–H groups in total. The number of carbonyl (C=O) groups excluding carboxylic acids is 4. The highest BCUT2D eigenvalue weighted by atomic mass is 19.1. The Morgan fingerprint density at radius 2 is 1.84 bits per heavy atom. The monoisotopic (exact) mass is 517 g/mol. The maximum Gasteiger partial charge on any atom is 0.253 e. The van der Waals surface area contributed by atoms with Gasteiger partial charge >= 0.3 is 0 Å².